The van der Waals surface area contributed by atoms with Gasteiger partial charge in [-0.2, -0.15) is 4.57 Å². The molecule has 0 radical (unpaired) electrons. The number of nitrogens with one attached hydrogen (secondary N) is 1. The fraction of sp³-hybridized carbons (Fsp3) is 0.143. The zero-order valence-electron chi connectivity index (χ0n) is 10.4. The Kier molecular flexibility index (Phi) is 4.02. The maximum Gasteiger partial charge on any atom is 0.293 e. The van der Waals surface area contributed by atoms with Gasteiger partial charge in [0.1, 0.15) is 0 Å². The van der Waals surface area contributed by atoms with Crippen LogP contribution in [0.15, 0.2) is 48.8 Å². The van der Waals surface area contributed by atoms with E-state index in [1.165, 1.54) is 6.20 Å². The highest BCUT2D eigenvalue weighted by Gasteiger charge is 2.22. The van der Waals surface area contributed by atoms with Crippen LogP contribution in [0.5, 0.6) is 5.75 Å². The predicted molar refractivity (Wildman–Crippen MR) is 73.1 cm³/mol. The quantitative estimate of drug-likeness (QED) is 0.847. The molecule has 19 heavy (non-hydrogen) atoms. The summed E-state index contributed by atoms with van der Waals surface area (Å²) in [6, 6.07) is 9.71. The minimum Gasteiger partial charge on any atom is -0.503 e. The fourth-order valence-corrected chi connectivity index (χ4v) is 1.76. The summed E-state index contributed by atoms with van der Waals surface area (Å²) >= 11 is 5.78. The first kappa shape index (κ1) is 13.4. The molecule has 4 nitrogen and oxygen atoms in total. The molecule has 2 rings (SSSR count). The topological polar surface area (TPSA) is 53.2 Å². The molecule has 0 aliphatic carbocycles. The molecule has 0 saturated carbocycles. The molecule has 5 heteroatoms. The van der Waals surface area contributed by atoms with E-state index in [0.717, 1.165) is 0 Å². The Morgan fingerprint density at radius 3 is 2.63 bits per heavy atom. The maximum atomic E-state index is 12.1. The molecule has 0 aliphatic heterocycles. The van der Waals surface area contributed by atoms with Crippen LogP contribution in [-0.4, -0.2) is 11.0 Å². The summed E-state index contributed by atoms with van der Waals surface area (Å²) in [5.74, 6) is -0.0495. The van der Waals surface area contributed by atoms with E-state index in [0.29, 0.717) is 10.7 Å². The number of nitrogens with zero attached hydrogens (tertiary/aromatic N) is 1. The number of benzene rings is 1. The van der Waals surface area contributed by atoms with E-state index in [2.05, 4.69) is 5.32 Å². The van der Waals surface area contributed by atoms with E-state index in [9.17, 15) is 9.90 Å². The van der Waals surface area contributed by atoms with E-state index in [1.54, 1.807) is 54.1 Å². The van der Waals surface area contributed by atoms with Crippen LogP contribution in [-0.2, 0) is 4.79 Å². The van der Waals surface area contributed by atoms with Gasteiger partial charge in [-0.15, -0.1) is 0 Å². The van der Waals surface area contributed by atoms with Gasteiger partial charge in [0.05, 0.1) is 0 Å². The summed E-state index contributed by atoms with van der Waals surface area (Å²) in [5, 5.41) is 12.8. The van der Waals surface area contributed by atoms with Crippen LogP contribution in [0.4, 0.5) is 5.69 Å². The van der Waals surface area contributed by atoms with Gasteiger partial charge in [0.15, 0.2) is 11.9 Å². The molecule has 98 valence electrons. The van der Waals surface area contributed by atoms with Gasteiger partial charge < -0.3 is 10.4 Å². The van der Waals surface area contributed by atoms with Crippen LogP contribution < -0.4 is 9.88 Å². The SMILES string of the molecule is C[C@@H](C(=O)Nc1ccc(Cl)cc1)[n+]1cccc(O)c1. The zero-order chi connectivity index (χ0) is 13.8. The van der Waals surface area contributed by atoms with Gasteiger partial charge in [-0.1, -0.05) is 11.6 Å². The van der Waals surface area contributed by atoms with Crippen LogP contribution >= 0.6 is 11.6 Å². The van der Waals surface area contributed by atoms with Crippen LogP contribution in [0.2, 0.25) is 5.02 Å². The van der Waals surface area contributed by atoms with Crippen molar-refractivity contribution in [2.75, 3.05) is 5.32 Å². The van der Waals surface area contributed by atoms with E-state index in [-0.39, 0.29) is 11.7 Å². The van der Waals surface area contributed by atoms with Gasteiger partial charge in [0.2, 0.25) is 12.2 Å². The molecule has 0 fully saturated rings. The molecule has 0 spiro atoms. The van der Waals surface area contributed by atoms with Crippen molar-refractivity contribution in [1.29, 1.82) is 0 Å². The van der Waals surface area contributed by atoms with Crippen molar-refractivity contribution in [3.05, 3.63) is 53.8 Å². The molecule has 1 heterocycles. The van der Waals surface area contributed by atoms with Crippen LogP contribution in [0.25, 0.3) is 0 Å². The molecular formula is C14H14ClN2O2+. The van der Waals surface area contributed by atoms with Crippen molar-refractivity contribution < 1.29 is 14.5 Å². The van der Waals surface area contributed by atoms with Crippen molar-refractivity contribution in [3.63, 3.8) is 0 Å². The number of carbonyl (C=O) groups is 1. The number of anilines is 1. The number of rotatable bonds is 3. The van der Waals surface area contributed by atoms with Crippen molar-refractivity contribution in [2.45, 2.75) is 13.0 Å². The average molecular weight is 278 g/mol. The molecular weight excluding hydrogens is 264 g/mol. The minimum absolute atomic E-state index is 0.119. The monoisotopic (exact) mass is 277 g/mol. The van der Waals surface area contributed by atoms with Crippen molar-refractivity contribution in [1.82, 2.24) is 0 Å². The number of hydrogen-bond donors (Lipinski definition) is 2. The van der Waals surface area contributed by atoms with E-state index in [4.69, 9.17) is 11.6 Å². The highest BCUT2D eigenvalue weighted by Crippen LogP contribution is 2.14. The van der Waals surface area contributed by atoms with Gasteiger partial charge >= 0.3 is 0 Å². The molecule has 0 saturated heterocycles. The Labute approximate surface area is 116 Å². The average Bonchev–Trinajstić information content (AvgIpc) is 2.40. The second kappa shape index (κ2) is 5.71. The summed E-state index contributed by atoms with van der Waals surface area (Å²) in [4.78, 5) is 12.1. The number of amides is 1. The number of hydrogen-bond acceptors (Lipinski definition) is 2. The van der Waals surface area contributed by atoms with Crippen molar-refractivity contribution >= 4 is 23.2 Å². The number of aromatic nitrogens is 1. The third-order valence-corrected chi connectivity index (χ3v) is 3.00. The van der Waals surface area contributed by atoms with Crippen molar-refractivity contribution in [3.8, 4) is 5.75 Å². The van der Waals surface area contributed by atoms with Crippen LogP contribution in [0.1, 0.15) is 13.0 Å². The smallest absolute Gasteiger partial charge is 0.293 e. The Morgan fingerprint density at radius 1 is 1.32 bits per heavy atom. The zero-order valence-corrected chi connectivity index (χ0v) is 11.1. The third kappa shape index (κ3) is 3.45. The lowest BCUT2D eigenvalue weighted by Crippen LogP contribution is -2.43. The maximum absolute atomic E-state index is 12.1. The Morgan fingerprint density at radius 2 is 2.00 bits per heavy atom. The Hall–Kier alpha value is -2.07. The Balaban J connectivity index is 2.09. The lowest BCUT2D eigenvalue weighted by Gasteiger charge is -2.08. The van der Waals surface area contributed by atoms with E-state index in [1.807, 2.05) is 0 Å². The number of aromatic hydroxyl groups is 1. The molecule has 0 bridgehead atoms. The first-order valence-electron chi connectivity index (χ1n) is 5.82. The number of carbonyl (C=O) groups excluding carboxylic acids is 1. The molecule has 0 aliphatic rings. The lowest BCUT2D eigenvalue weighted by atomic mass is 10.2. The lowest BCUT2D eigenvalue weighted by molar-refractivity contribution is -0.705. The van der Waals surface area contributed by atoms with Gasteiger partial charge in [-0.05, 0) is 30.3 Å². The highest BCUT2D eigenvalue weighted by molar-refractivity contribution is 6.30. The molecule has 0 unspecified atom stereocenters. The van der Waals surface area contributed by atoms with Gasteiger partial charge in [-0.25, -0.2) is 0 Å². The second-order valence-corrected chi connectivity index (χ2v) is 4.62. The summed E-state index contributed by atoms with van der Waals surface area (Å²) in [7, 11) is 0. The molecule has 2 aromatic rings. The van der Waals surface area contributed by atoms with Crippen LogP contribution in [0, 0.1) is 0 Å². The van der Waals surface area contributed by atoms with E-state index < -0.39 is 6.04 Å². The van der Waals surface area contributed by atoms with Gasteiger partial charge in [-0.3, -0.25) is 4.79 Å². The first-order valence-corrected chi connectivity index (χ1v) is 6.20. The summed E-state index contributed by atoms with van der Waals surface area (Å²) < 4.78 is 1.64. The molecule has 1 atom stereocenters. The summed E-state index contributed by atoms with van der Waals surface area (Å²) in [5.41, 5.74) is 0.682. The molecule has 2 N–H and O–H groups in total. The standard InChI is InChI=1S/C14H13ClN2O2/c1-10(17-8-2-3-13(18)9-17)14(19)16-12-6-4-11(15)5-7-12/h2-10H,1H3,(H-,16,18,19)/p+1/t10-/m0/s1. The minimum atomic E-state index is -0.428. The van der Waals surface area contributed by atoms with Gasteiger partial charge in [0.25, 0.3) is 5.91 Å². The molecule has 1 aromatic carbocycles. The first-order chi connectivity index (χ1) is 9.06. The largest absolute Gasteiger partial charge is 0.503 e. The van der Waals surface area contributed by atoms with Gasteiger partial charge in [0, 0.05) is 23.7 Å². The van der Waals surface area contributed by atoms with E-state index >= 15 is 0 Å². The summed E-state index contributed by atoms with van der Waals surface area (Å²) in [6.07, 6.45) is 3.23. The van der Waals surface area contributed by atoms with Crippen molar-refractivity contribution in [2.24, 2.45) is 0 Å². The molecule has 1 amide bonds. The number of pyridine rings is 1. The molecule has 1 aromatic heterocycles. The van der Waals surface area contributed by atoms with Crippen LogP contribution in [0.3, 0.4) is 0 Å². The normalized spacial score (nSPS) is 11.9. The third-order valence-electron chi connectivity index (χ3n) is 2.74. The predicted octanol–water partition coefficient (Wildman–Crippen LogP) is 2.53. The fourth-order valence-electron chi connectivity index (χ4n) is 1.64. The number of halogens is 1. The second-order valence-electron chi connectivity index (χ2n) is 4.18. The highest BCUT2D eigenvalue weighted by atomic mass is 35.5. The Bertz CT molecular complexity index is 584. The summed E-state index contributed by atoms with van der Waals surface area (Å²) in [6.45, 7) is 1.75.